The maximum atomic E-state index is 13.6. The van der Waals surface area contributed by atoms with Crippen molar-refractivity contribution in [3.63, 3.8) is 0 Å². The second-order valence-corrected chi connectivity index (χ2v) is 3.18. The zero-order valence-electron chi connectivity index (χ0n) is 6.39. The van der Waals surface area contributed by atoms with Gasteiger partial charge in [0.1, 0.15) is 5.67 Å². The smallest absolute Gasteiger partial charge is 0.136 e. The van der Waals surface area contributed by atoms with Crippen LogP contribution in [-0.2, 0) is 5.67 Å². The second kappa shape index (κ2) is 2.33. The van der Waals surface area contributed by atoms with Crippen molar-refractivity contribution < 1.29 is 4.39 Å². The molecule has 0 bridgehead atoms. The third kappa shape index (κ3) is 1.05. The minimum atomic E-state index is -0.985. The van der Waals surface area contributed by atoms with Crippen molar-refractivity contribution in [2.24, 2.45) is 0 Å². The Morgan fingerprint density at radius 3 is 2.18 bits per heavy atom. The molecule has 1 aliphatic rings. The highest BCUT2D eigenvalue weighted by Gasteiger charge is 2.38. The molecule has 0 spiro atoms. The van der Waals surface area contributed by atoms with Crippen molar-refractivity contribution in [3.8, 4) is 0 Å². The summed E-state index contributed by atoms with van der Waals surface area (Å²) in [7, 11) is 0. The van der Waals surface area contributed by atoms with Crippen LogP contribution in [0.1, 0.15) is 24.8 Å². The first-order chi connectivity index (χ1) is 5.31. The van der Waals surface area contributed by atoms with E-state index in [9.17, 15) is 4.39 Å². The standard InChI is InChI=1S/C10H11F/c11-10(7-4-8-10)9-5-2-1-3-6-9/h1-3,5-6H,4,7-8H2. The number of alkyl halides is 1. The Labute approximate surface area is 66.1 Å². The molecule has 1 aromatic rings. The van der Waals surface area contributed by atoms with Crippen LogP contribution in [0.15, 0.2) is 30.3 Å². The van der Waals surface area contributed by atoms with E-state index in [2.05, 4.69) is 0 Å². The molecule has 0 nitrogen and oxygen atoms in total. The Morgan fingerprint density at radius 2 is 1.73 bits per heavy atom. The summed E-state index contributed by atoms with van der Waals surface area (Å²) < 4.78 is 13.6. The van der Waals surface area contributed by atoms with Crippen LogP contribution >= 0.6 is 0 Å². The van der Waals surface area contributed by atoms with E-state index in [1.54, 1.807) is 0 Å². The van der Waals surface area contributed by atoms with Gasteiger partial charge in [0.05, 0.1) is 0 Å². The lowest BCUT2D eigenvalue weighted by molar-refractivity contribution is 0.0609. The molecular weight excluding hydrogens is 139 g/mol. The lowest BCUT2D eigenvalue weighted by atomic mass is 9.77. The lowest BCUT2D eigenvalue weighted by Gasteiger charge is -2.34. The summed E-state index contributed by atoms with van der Waals surface area (Å²) >= 11 is 0. The molecule has 0 N–H and O–H groups in total. The van der Waals surface area contributed by atoms with Gasteiger partial charge in [-0.05, 0) is 24.8 Å². The quantitative estimate of drug-likeness (QED) is 0.577. The van der Waals surface area contributed by atoms with Crippen LogP contribution in [0.2, 0.25) is 0 Å². The summed E-state index contributed by atoms with van der Waals surface area (Å²) in [6, 6.07) is 9.47. The molecule has 1 aromatic carbocycles. The Hall–Kier alpha value is -0.850. The highest BCUT2D eigenvalue weighted by Crippen LogP contribution is 2.44. The van der Waals surface area contributed by atoms with Crippen LogP contribution in [0.5, 0.6) is 0 Å². The molecule has 1 saturated carbocycles. The van der Waals surface area contributed by atoms with Gasteiger partial charge in [-0.3, -0.25) is 0 Å². The summed E-state index contributed by atoms with van der Waals surface area (Å²) in [4.78, 5) is 0. The van der Waals surface area contributed by atoms with E-state index in [-0.39, 0.29) is 0 Å². The van der Waals surface area contributed by atoms with Crippen LogP contribution < -0.4 is 0 Å². The van der Waals surface area contributed by atoms with E-state index < -0.39 is 5.67 Å². The molecule has 2 rings (SSSR count). The van der Waals surface area contributed by atoms with Gasteiger partial charge in [0.2, 0.25) is 0 Å². The molecule has 0 radical (unpaired) electrons. The minimum absolute atomic E-state index is 0.705. The first-order valence-electron chi connectivity index (χ1n) is 4.06. The third-order valence-electron chi connectivity index (χ3n) is 2.44. The number of benzene rings is 1. The molecular formula is C10H11F. The first-order valence-corrected chi connectivity index (χ1v) is 4.06. The summed E-state index contributed by atoms with van der Waals surface area (Å²) in [5.74, 6) is 0. The molecule has 11 heavy (non-hydrogen) atoms. The van der Waals surface area contributed by atoms with Crippen LogP contribution in [0, 0.1) is 0 Å². The number of rotatable bonds is 1. The van der Waals surface area contributed by atoms with Gasteiger partial charge in [0, 0.05) is 0 Å². The Kier molecular flexibility index (Phi) is 1.45. The predicted octanol–water partition coefficient (Wildman–Crippen LogP) is 3.04. The van der Waals surface area contributed by atoms with Crippen molar-refractivity contribution in [1.82, 2.24) is 0 Å². The highest BCUT2D eigenvalue weighted by molar-refractivity contribution is 5.24. The normalized spacial score (nSPS) is 20.8. The van der Waals surface area contributed by atoms with Gasteiger partial charge in [0.25, 0.3) is 0 Å². The summed E-state index contributed by atoms with van der Waals surface area (Å²) in [5.41, 5.74) is -0.132. The Bertz CT molecular complexity index is 236. The van der Waals surface area contributed by atoms with Gasteiger partial charge in [-0.2, -0.15) is 0 Å². The topological polar surface area (TPSA) is 0 Å². The van der Waals surface area contributed by atoms with Gasteiger partial charge < -0.3 is 0 Å². The van der Waals surface area contributed by atoms with E-state index in [0.717, 1.165) is 12.0 Å². The van der Waals surface area contributed by atoms with Crippen molar-refractivity contribution in [3.05, 3.63) is 35.9 Å². The maximum Gasteiger partial charge on any atom is 0.136 e. The van der Waals surface area contributed by atoms with Crippen LogP contribution in [-0.4, -0.2) is 0 Å². The van der Waals surface area contributed by atoms with Gasteiger partial charge in [-0.25, -0.2) is 4.39 Å². The van der Waals surface area contributed by atoms with E-state index in [0.29, 0.717) is 12.8 Å². The lowest BCUT2D eigenvalue weighted by Crippen LogP contribution is -2.28. The fraction of sp³-hybridized carbons (Fsp3) is 0.400. The van der Waals surface area contributed by atoms with Gasteiger partial charge >= 0.3 is 0 Å². The fourth-order valence-corrected chi connectivity index (χ4v) is 1.51. The average Bonchev–Trinajstić information content (AvgIpc) is 2.02. The molecule has 0 aromatic heterocycles. The number of hydrogen-bond donors (Lipinski definition) is 0. The molecule has 0 saturated heterocycles. The fourth-order valence-electron chi connectivity index (χ4n) is 1.51. The van der Waals surface area contributed by atoms with Crippen molar-refractivity contribution >= 4 is 0 Å². The van der Waals surface area contributed by atoms with Crippen LogP contribution in [0.4, 0.5) is 4.39 Å². The average molecular weight is 150 g/mol. The first kappa shape index (κ1) is 6.84. The Balaban J connectivity index is 2.29. The van der Waals surface area contributed by atoms with E-state index in [4.69, 9.17) is 0 Å². The third-order valence-corrected chi connectivity index (χ3v) is 2.44. The van der Waals surface area contributed by atoms with E-state index in [1.807, 2.05) is 30.3 Å². The second-order valence-electron chi connectivity index (χ2n) is 3.18. The number of hydrogen-bond acceptors (Lipinski definition) is 0. The van der Waals surface area contributed by atoms with Crippen molar-refractivity contribution in [2.45, 2.75) is 24.9 Å². The summed E-state index contributed by atoms with van der Waals surface area (Å²) in [6.45, 7) is 0. The minimum Gasteiger partial charge on any atom is -0.239 e. The highest BCUT2D eigenvalue weighted by atomic mass is 19.1. The van der Waals surface area contributed by atoms with Crippen LogP contribution in [0.25, 0.3) is 0 Å². The zero-order chi connectivity index (χ0) is 7.73. The molecule has 1 aliphatic carbocycles. The molecule has 0 atom stereocenters. The predicted molar refractivity (Wildman–Crippen MR) is 43.1 cm³/mol. The molecule has 0 unspecified atom stereocenters. The van der Waals surface area contributed by atoms with Gasteiger partial charge in [0.15, 0.2) is 0 Å². The Morgan fingerprint density at radius 1 is 1.09 bits per heavy atom. The zero-order valence-corrected chi connectivity index (χ0v) is 6.39. The summed E-state index contributed by atoms with van der Waals surface area (Å²) in [6.07, 6.45) is 2.44. The molecule has 0 heterocycles. The number of halogens is 1. The monoisotopic (exact) mass is 150 g/mol. The molecule has 0 amide bonds. The van der Waals surface area contributed by atoms with Gasteiger partial charge in [-0.15, -0.1) is 0 Å². The van der Waals surface area contributed by atoms with Crippen LogP contribution in [0.3, 0.4) is 0 Å². The maximum absolute atomic E-state index is 13.6. The molecule has 58 valence electrons. The largest absolute Gasteiger partial charge is 0.239 e. The van der Waals surface area contributed by atoms with Crippen molar-refractivity contribution in [1.29, 1.82) is 0 Å². The SMILES string of the molecule is FC1(c2ccccc2)CCC1. The van der Waals surface area contributed by atoms with Crippen molar-refractivity contribution in [2.75, 3.05) is 0 Å². The van der Waals surface area contributed by atoms with Gasteiger partial charge in [-0.1, -0.05) is 30.3 Å². The summed E-state index contributed by atoms with van der Waals surface area (Å²) in [5, 5.41) is 0. The molecule has 1 fully saturated rings. The van der Waals surface area contributed by atoms with E-state index >= 15 is 0 Å². The molecule has 1 heteroatoms. The van der Waals surface area contributed by atoms with E-state index in [1.165, 1.54) is 0 Å². The molecule has 0 aliphatic heterocycles.